The van der Waals surface area contributed by atoms with Crippen LogP contribution in [-0.4, -0.2) is 48.3 Å². The van der Waals surface area contributed by atoms with E-state index in [1.54, 1.807) is 35.2 Å². The Kier molecular flexibility index (Phi) is 7.39. The number of nitrogens with zero attached hydrogens (tertiary/aromatic N) is 3. The summed E-state index contributed by atoms with van der Waals surface area (Å²) < 4.78 is 36.4. The van der Waals surface area contributed by atoms with Crippen LogP contribution in [0, 0.1) is 18.3 Å². The van der Waals surface area contributed by atoms with Gasteiger partial charge in [-0.3, -0.25) is 14.2 Å². The van der Waals surface area contributed by atoms with Gasteiger partial charge in [0.15, 0.2) is 5.57 Å². The molecule has 0 bridgehead atoms. The highest BCUT2D eigenvalue weighted by Crippen LogP contribution is 2.16. The van der Waals surface area contributed by atoms with Crippen molar-refractivity contribution in [1.82, 2.24) is 9.47 Å². The average Bonchev–Trinajstić information content (AvgIpc) is 3.16. The molecule has 0 unspecified atom stereocenters. The second-order valence-electron chi connectivity index (χ2n) is 7.68. The van der Waals surface area contributed by atoms with Crippen LogP contribution in [0.1, 0.15) is 11.1 Å². The number of hydrogen-bond donors (Lipinski definition) is 0. The fourth-order valence-electron chi connectivity index (χ4n) is 3.69. The highest BCUT2D eigenvalue weighted by molar-refractivity contribution is 7.07. The number of carbonyl (C=O) groups is 1. The number of ether oxygens (including phenoxy) is 2. The number of alkyl halides is 2. The Morgan fingerprint density at radius 1 is 1.17 bits per heavy atom. The first-order chi connectivity index (χ1) is 16.9. The van der Waals surface area contributed by atoms with Gasteiger partial charge >= 0.3 is 6.61 Å². The third kappa shape index (κ3) is 5.31. The molecule has 1 aliphatic rings. The molecule has 10 heteroatoms. The predicted octanol–water partition coefficient (Wildman–Crippen LogP) is 2.17. The van der Waals surface area contributed by atoms with Crippen molar-refractivity contribution in [3.05, 3.63) is 79.2 Å². The summed E-state index contributed by atoms with van der Waals surface area (Å²) in [7, 11) is 0. The van der Waals surface area contributed by atoms with Gasteiger partial charge < -0.3 is 14.4 Å². The number of carbonyl (C=O) groups excluding carboxylic acids is 1. The minimum absolute atomic E-state index is 0.00227. The van der Waals surface area contributed by atoms with E-state index in [9.17, 15) is 23.6 Å². The maximum atomic E-state index is 13.5. The molecule has 0 N–H and O–H groups in total. The molecule has 2 heterocycles. The van der Waals surface area contributed by atoms with E-state index in [-0.39, 0.29) is 20.5 Å². The molecule has 1 fully saturated rings. The Morgan fingerprint density at radius 3 is 2.49 bits per heavy atom. The zero-order chi connectivity index (χ0) is 24.9. The van der Waals surface area contributed by atoms with Gasteiger partial charge in [0.05, 0.1) is 23.4 Å². The van der Waals surface area contributed by atoms with Gasteiger partial charge in [-0.15, -0.1) is 11.3 Å². The number of nitriles is 1. The number of amides is 1. The smallest absolute Gasteiger partial charge is 0.387 e. The van der Waals surface area contributed by atoms with Crippen molar-refractivity contribution in [2.75, 3.05) is 26.3 Å². The molecule has 1 aliphatic heterocycles. The van der Waals surface area contributed by atoms with Gasteiger partial charge in [-0.1, -0.05) is 30.3 Å². The SMILES string of the molecule is Cc1ccccc1-n1c(=C(C#N)C(=O)N2CCOCC2)sc(=Cc2ccc(OC(F)F)cc2)c1=O. The number of rotatable bonds is 5. The van der Waals surface area contributed by atoms with Crippen molar-refractivity contribution in [1.29, 1.82) is 5.26 Å². The summed E-state index contributed by atoms with van der Waals surface area (Å²) in [5.74, 6) is -0.461. The van der Waals surface area contributed by atoms with Gasteiger partial charge in [0.2, 0.25) is 0 Å². The molecule has 1 saturated heterocycles. The normalized spacial score (nSPS) is 15.2. The molecule has 0 spiro atoms. The van der Waals surface area contributed by atoms with Gasteiger partial charge in [0.1, 0.15) is 16.5 Å². The molecular weight excluding hydrogens is 476 g/mol. The van der Waals surface area contributed by atoms with Gasteiger partial charge in [0, 0.05) is 13.1 Å². The zero-order valence-electron chi connectivity index (χ0n) is 18.7. The lowest BCUT2D eigenvalue weighted by Crippen LogP contribution is -2.42. The second-order valence-corrected chi connectivity index (χ2v) is 8.71. The van der Waals surface area contributed by atoms with E-state index in [1.807, 2.05) is 25.1 Å². The van der Waals surface area contributed by atoms with Crippen molar-refractivity contribution in [2.24, 2.45) is 0 Å². The van der Waals surface area contributed by atoms with Crippen LogP contribution in [0.3, 0.4) is 0 Å². The van der Waals surface area contributed by atoms with Gasteiger partial charge in [-0.25, -0.2) is 0 Å². The first-order valence-electron chi connectivity index (χ1n) is 10.7. The fourth-order valence-corrected chi connectivity index (χ4v) is 4.78. The standard InChI is InChI=1S/C25H21F2N3O4S/c1-16-4-2-3-5-20(16)30-23(32)21(14-17-6-8-18(9-7-17)34-25(26)27)35-24(30)19(15-28)22(31)29-10-12-33-13-11-29/h2-9,14,25H,10-13H2,1H3. The summed E-state index contributed by atoms with van der Waals surface area (Å²) in [6.45, 7) is 0.374. The summed E-state index contributed by atoms with van der Waals surface area (Å²) in [5.41, 5.74) is 1.41. The van der Waals surface area contributed by atoms with Crippen LogP contribution in [0.2, 0.25) is 0 Å². The number of halogens is 2. The van der Waals surface area contributed by atoms with Crippen molar-refractivity contribution >= 4 is 28.9 Å². The van der Waals surface area contributed by atoms with E-state index < -0.39 is 18.1 Å². The van der Waals surface area contributed by atoms with E-state index in [0.717, 1.165) is 16.9 Å². The van der Waals surface area contributed by atoms with E-state index in [0.29, 0.717) is 37.6 Å². The molecule has 0 radical (unpaired) electrons. The van der Waals surface area contributed by atoms with E-state index in [1.165, 1.54) is 16.7 Å². The quantitative estimate of drug-likeness (QED) is 0.540. The summed E-state index contributed by atoms with van der Waals surface area (Å²) >= 11 is 1.03. The third-order valence-electron chi connectivity index (χ3n) is 5.42. The summed E-state index contributed by atoms with van der Waals surface area (Å²) in [6.07, 6.45) is 1.59. The van der Waals surface area contributed by atoms with Gasteiger partial charge in [-0.05, 0) is 42.3 Å². The maximum Gasteiger partial charge on any atom is 0.387 e. The number of morpholine rings is 1. The zero-order valence-corrected chi connectivity index (χ0v) is 19.6. The second kappa shape index (κ2) is 10.6. The third-order valence-corrected chi connectivity index (χ3v) is 6.51. The van der Waals surface area contributed by atoms with Crippen LogP contribution < -0.4 is 19.5 Å². The molecule has 0 aliphatic carbocycles. The molecule has 0 saturated carbocycles. The van der Waals surface area contributed by atoms with E-state index in [4.69, 9.17) is 4.74 Å². The van der Waals surface area contributed by atoms with Gasteiger partial charge in [0.25, 0.3) is 11.5 Å². The van der Waals surface area contributed by atoms with Crippen LogP contribution in [0.5, 0.6) is 5.75 Å². The molecule has 1 amide bonds. The summed E-state index contributed by atoms with van der Waals surface area (Å²) in [6, 6.07) is 15.0. The van der Waals surface area contributed by atoms with Crippen molar-refractivity contribution in [3.8, 4) is 17.5 Å². The highest BCUT2D eigenvalue weighted by Gasteiger charge is 2.24. The molecule has 3 aromatic rings. The van der Waals surface area contributed by atoms with Crippen molar-refractivity contribution in [2.45, 2.75) is 13.5 Å². The van der Waals surface area contributed by atoms with E-state index in [2.05, 4.69) is 4.74 Å². The molecule has 1 aromatic heterocycles. The average molecular weight is 498 g/mol. The number of benzene rings is 2. The Balaban J connectivity index is 1.92. The first-order valence-corrected chi connectivity index (χ1v) is 11.6. The predicted molar refractivity (Wildman–Crippen MR) is 127 cm³/mol. The molecule has 7 nitrogen and oxygen atoms in total. The molecule has 2 aromatic carbocycles. The molecule has 180 valence electrons. The lowest BCUT2D eigenvalue weighted by molar-refractivity contribution is -0.128. The maximum absolute atomic E-state index is 13.5. The number of hydrogen-bond acceptors (Lipinski definition) is 6. The number of para-hydroxylation sites is 1. The minimum Gasteiger partial charge on any atom is -0.435 e. The number of aromatic nitrogens is 1. The van der Waals surface area contributed by atoms with Crippen molar-refractivity contribution in [3.63, 3.8) is 0 Å². The molecule has 4 rings (SSSR count). The van der Waals surface area contributed by atoms with Crippen LogP contribution in [0.25, 0.3) is 17.3 Å². The summed E-state index contributed by atoms with van der Waals surface area (Å²) in [4.78, 5) is 28.3. The van der Waals surface area contributed by atoms with Crippen LogP contribution in [0.4, 0.5) is 8.78 Å². The van der Waals surface area contributed by atoms with Crippen LogP contribution in [0.15, 0.2) is 53.3 Å². The van der Waals surface area contributed by atoms with E-state index >= 15 is 0 Å². The van der Waals surface area contributed by atoms with Crippen molar-refractivity contribution < 1.29 is 23.0 Å². The van der Waals surface area contributed by atoms with Gasteiger partial charge in [-0.2, -0.15) is 14.0 Å². The molecular formula is C25H21F2N3O4S. The first kappa shape index (κ1) is 24.3. The molecule has 35 heavy (non-hydrogen) atoms. The highest BCUT2D eigenvalue weighted by atomic mass is 32.1. The Hall–Kier alpha value is -3.81. The Morgan fingerprint density at radius 2 is 1.86 bits per heavy atom. The Bertz CT molecular complexity index is 1450. The monoisotopic (exact) mass is 497 g/mol. The summed E-state index contributed by atoms with van der Waals surface area (Å²) in [5, 5.41) is 9.95. The fraction of sp³-hybridized carbons (Fsp3) is 0.240. The lowest BCUT2D eigenvalue weighted by Gasteiger charge is -2.26. The van der Waals surface area contributed by atoms with Crippen LogP contribution in [-0.2, 0) is 9.53 Å². The van der Waals surface area contributed by atoms with Crippen LogP contribution >= 0.6 is 11.3 Å². The minimum atomic E-state index is -2.94. The molecule has 0 atom stereocenters. The topological polar surface area (TPSA) is 84.6 Å². The Labute approximate surface area is 203 Å². The number of aryl methyl sites for hydroxylation is 1. The number of thiazole rings is 1. The lowest BCUT2D eigenvalue weighted by atomic mass is 10.2. The largest absolute Gasteiger partial charge is 0.435 e.